The van der Waals surface area contributed by atoms with Crippen molar-refractivity contribution >= 4 is 29.4 Å². The van der Waals surface area contributed by atoms with Crippen LogP contribution in [-0.2, 0) is 16.1 Å². The molecule has 5 rings (SSSR count). The van der Waals surface area contributed by atoms with Gasteiger partial charge in [0.25, 0.3) is 5.56 Å². The Balaban J connectivity index is 1.48. The molecule has 3 aromatic carbocycles. The summed E-state index contributed by atoms with van der Waals surface area (Å²) < 4.78 is 18.7. The van der Waals surface area contributed by atoms with Crippen LogP contribution in [0, 0.1) is 0 Å². The number of para-hydroxylation sites is 1. The van der Waals surface area contributed by atoms with Crippen LogP contribution in [0.2, 0.25) is 0 Å². The van der Waals surface area contributed by atoms with Crippen LogP contribution < -0.4 is 29.5 Å². The van der Waals surface area contributed by atoms with Crippen LogP contribution in [0.4, 0.5) is 0 Å². The number of hydrogen-bond donors (Lipinski definition) is 0. The highest BCUT2D eigenvalue weighted by atomic mass is 32.1. The van der Waals surface area contributed by atoms with Crippen molar-refractivity contribution < 1.29 is 28.9 Å². The molecule has 0 radical (unpaired) electrons. The Morgan fingerprint density at radius 2 is 1.83 bits per heavy atom. The summed E-state index contributed by atoms with van der Waals surface area (Å²) in [7, 11) is 1.54. The Morgan fingerprint density at radius 1 is 1.07 bits per heavy atom. The predicted octanol–water partition coefficient (Wildman–Crippen LogP) is 2.75. The second kappa shape index (κ2) is 12.3. The lowest BCUT2D eigenvalue weighted by atomic mass is 9.95. The number of aromatic carboxylic acids is 1. The van der Waals surface area contributed by atoms with Gasteiger partial charge in [-0.2, -0.15) is 0 Å². The zero-order valence-corrected chi connectivity index (χ0v) is 24.0. The molecule has 4 aromatic rings. The molecule has 1 aromatic heterocycles. The van der Waals surface area contributed by atoms with E-state index >= 15 is 0 Å². The first kappa shape index (κ1) is 28.6. The van der Waals surface area contributed by atoms with E-state index in [-0.39, 0.29) is 29.9 Å². The third-order valence-electron chi connectivity index (χ3n) is 6.70. The van der Waals surface area contributed by atoms with Crippen molar-refractivity contribution in [3.8, 4) is 11.5 Å². The zero-order valence-electron chi connectivity index (χ0n) is 23.2. The van der Waals surface area contributed by atoms with E-state index in [0.29, 0.717) is 37.7 Å². The summed E-state index contributed by atoms with van der Waals surface area (Å²) in [6.45, 7) is 3.83. The first-order chi connectivity index (χ1) is 20.3. The molecule has 42 heavy (non-hydrogen) atoms. The summed E-state index contributed by atoms with van der Waals surface area (Å²) in [5, 5.41) is 11.1. The second-order valence-corrected chi connectivity index (χ2v) is 10.4. The number of carboxylic acids is 1. The average Bonchev–Trinajstić information content (AvgIpc) is 3.30. The van der Waals surface area contributed by atoms with Crippen LogP contribution >= 0.6 is 11.3 Å². The van der Waals surface area contributed by atoms with Gasteiger partial charge in [0.15, 0.2) is 4.80 Å². The number of aromatic nitrogens is 1. The molecule has 2 heterocycles. The topological polar surface area (TPSA) is 119 Å². The van der Waals surface area contributed by atoms with Crippen LogP contribution in [0.15, 0.2) is 93.9 Å². The van der Waals surface area contributed by atoms with E-state index in [1.54, 1.807) is 57.4 Å². The van der Waals surface area contributed by atoms with Gasteiger partial charge in [0.05, 0.1) is 35.5 Å². The first-order valence-corrected chi connectivity index (χ1v) is 14.0. The largest absolute Gasteiger partial charge is 0.545 e. The standard InChI is InChI=1S/C32H28N2O7S/c1-4-40-31(38)27-19(2)33-32-34(28(27)24-10-5-6-11-25(24)39-3)29(35)26(42-32)17-20-12-14-23(15-13-20)41-18-21-8-7-9-22(16-21)30(36)37/h5-17,28H,4,18H2,1-3H3,(H,36,37)/p-1/b26-17-/t28-/m1/s1. The number of benzene rings is 3. The number of carboxylic acid groups (broad SMARTS) is 1. The molecular formula is C32H27N2O7S-. The van der Waals surface area contributed by atoms with Crippen LogP contribution in [-0.4, -0.2) is 30.2 Å². The number of carbonyl (C=O) groups excluding carboxylic acids is 2. The van der Waals surface area contributed by atoms with Crippen LogP contribution in [0.1, 0.15) is 46.9 Å². The lowest BCUT2D eigenvalue weighted by Gasteiger charge is -2.25. The smallest absolute Gasteiger partial charge is 0.338 e. The molecule has 10 heteroatoms. The lowest BCUT2D eigenvalue weighted by Crippen LogP contribution is -2.40. The molecule has 0 saturated carbocycles. The highest BCUT2D eigenvalue weighted by Gasteiger charge is 2.34. The van der Waals surface area contributed by atoms with Crippen LogP contribution in [0.25, 0.3) is 6.08 Å². The maximum absolute atomic E-state index is 13.8. The van der Waals surface area contributed by atoms with Gasteiger partial charge in [-0.3, -0.25) is 9.36 Å². The van der Waals surface area contributed by atoms with Gasteiger partial charge in [-0.15, -0.1) is 0 Å². The van der Waals surface area contributed by atoms with Gasteiger partial charge in [-0.1, -0.05) is 59.9 Å². The Labute approximate surface area is 245 Å². The van der Waals surface area contributed by atoms with E-state index in [1.165, 1.54) is 28.0 Å². The molecule has 9 nitrogen and oxygen atoms in total. The molecule has 0 N–H and O–H groups in total. The number of allylic oxidation sites excluding steroid dienone is 1. The molecular weight excluding hydrogens is 556 g/mol. The number of thiazole rings is 1. The SMILES string of the molecule is CCOC(=O)C1=C(C)N=c2s/c(=C\c3ccc(OCc4cccc(C(=O)[O-])c4)cc3)c(=O)n2[C@@H]1c1ccccc1OC. The van der Waals surface area contributed by atoms with Gasteiger partial charge in [-0.05, 0) is 60.9 Å². The number of esters is 1. The number of ether oxygens (including phenoxy) is 3. The molecule has 0 aliphatic carbocycles. The molecule has 0 fully saturated rings. The number of nitrogens with zero attached hydrogens (tertiary/aromatic N) is 2. The van der Waals surface area contributed by atoms with E-state index in [0.717, 1.165) is 5.56 Å². The maximum Gasteiger partial charge on any atom is 0.338 e. The van der Waals surface area contributed by atoms with E-state index in [4.69, 9.17) is 14.2 Å². The molecule has 1 aliphatic heterocycles. The van der Waals surface area contributed by atoms with Gasteiger partial charge in [0.1, 0.15) is 24.1 Å². The molecule has 0 unspecified atom stereocenters. The quantitative estimate of drug-likeness (QED) is 0.278. The number of hydrogen-bond acceptors (Lipinski definition) is 9. The number of rotatable bonds is 9. The van der Waals surface area contributed by atoms with Crippen molar-refractivity contribution in [2.45, 2.75) is 26.5 Å². The highest BCUT2D eigenvalue weighted by molar-refractivity contribution is 7.07. The minimum atomic E-state index is -1.24. The highest BCUT2D eigenvalue weighted by Crippen LogP contribution is 2.35. The molecule has 0 bridgehead atoms. The van der Waals surface area contributed by atoms with Gasteiger partial charge in [-0.25, -0.2) is 9.79 Å². The fourth-order valence-corrected chi connectivity index (χ4v) is 5.79. The van der Waals surface area contributed by atoms with Gasteiger partial charge >= 0.3 is 5.97 Å². The number of fused-ring (bicyclic) bond motifs is 1. The first-order valence-electron chi connectivity index (χ1n) is 13.2. The summed E-state index contributed by atoms with van der Waals surface area (Å²) in [6.07, 6.45) is 1.76. The van der Waals surface area contributed by atoms with Gasteiger partial charge in [0.2, 0.25) is 0 Å². The molecule has 0 amide bonds. The molecule has 0 spiro atoms. The molecule has 214 valence electrons. The van der Waals surface area contributed by atoms with Crippen LogP contribution in [0.3, 0.4) is 0 Å². The number of carbonyl (C=O) groups is 2. The fourth-order valence-electron chi connectivity index (χ4n) is 4.74. The summed E-state index contributed by atoms with van der Waals surface area (Å²) in [5.41, 5.74) is 2.67. The van der Waals surface area contributed by atoms with Crippen molar-refractivity contribution in [1.82, 2.24) is 4.57 Å². The lowest BCUT2D eigenvalue weighted by molar-refractivity contribution is -0.255. The Kier molecular flexibility index (Phi) is 8.35. The monoisotopic (exact) mass is 583 g/mol. The Bertz CT molecular complexity index is 1870. The van der Waals surface area contributed by atoms with Gasteiger partial charge < -0.3 is 24.1 Å². The molecule has 1 atom stereocenters. The Morgan fingerprint density at radius 3 is 2.55 bits per heavy atom. The van der Waals surface area contributed by atoms with E-state index in [9.17, 15) is 19.5 Å². The normalized spacial score (nSPS) is 14.6. The van der Waals surface area contributed by atoms with Crippen molar-refractivity contribution in [2.75, 3.05) is 13.7 Å². The minimum absolute atomic E-state index is 0.0884. The summed E-state index contributed by atoms with van der Waals surface area (Å²) in [4.78, 5) is 43.1. The zero-order chi connectivity index (χ0) is 29.8. The average molecular weight is 584 g/mol. The maximum atomic E-state index is 13.8. The number of methoxy groups -OCH3 is 1. The summed E-state index contributed by atoms with van der Waals surface area (Å²) in [5.74, 6) is -0.660. The fraction of sp³-hybridized carbons (Fsp3) is 0.188. The second-order valence-electron chi connectivity index (χ2n) is 9.39. The summed E-state index contributed by atoms with van der Waals surface area (Å²) in [6, 6.07) is 20.1. The summed E-state index contributed by atoms with van der Waals surface area (Å²) >= 11 is 1.23. The van der Waals surface area contributed by atoms with Crippen molar-refractivity contribution in [2.24, 2.45) is 4.99 Å². The molecule has 1 aliphatic rings. The van der Waals surface area contributed by atoms with Crippen LogP contribution in [0.5, 0.6) is 11.5 Å². The third kappa shape index (κ3) is 5.75. The van der Waals surface area contributed by atoms with Crippen molar-refractivity contribution in [1.29, 1.82) is 0 Å². The van der Waals surface area contributed by atoms with Gasteiger partial charge in [0, 0.05) is 5.56 Å². The predicted molar refractivity (Wildman–Crippen MR) is 155 cm³/mol. The van der Waals surface area contributed by atoms with E-state index < -0.39 is 18.0 Å². The molecule has 0 saturated heterocycles. The van der Waals surface area contributed by atoms with Crippen molar-refractivity contribution in [3.63, 3.8) is 0 Å². The third-order valence-corrected chi connectivity index (χ3v) is 7.68. The van der Waals surface area contributed by atoms with E-state index in [1.807, 2.05) is 30.3 Å². The van der Waals surface area contributed by atoms with E-state index in [2.05, 4.69) is 4.99 Å². The minimum Gasteiger partial charge on any atom is -0.545 e. The Hall–Kier alpha value is -4.96. The van der Waals surface area contributed by atoms with Crippen molar-refractivity contribution in [3.05, 3.63) is 126 Å².